The van der Waals surface area contributed by atoms with Crippen molar-refractivity contribution in [2.24, 2.45) is 0 Å². The van der Waals surface area contributed by atoms with Crippen molar-refractivity contribution in [3.8, 4) is 34.5 Å². The number of hydrogen-bond acceptors (Lipinski definition) is 14. The van der Waals surface area contributed by atoms with Gasteiger partial charge in [0.25, 0.3) is 0 Å². The van der Waals surface area contributed by atoms with E-state index in [9.17, 15) is 33.7 Å². The van der Waals surface area contributed by atoms with Crippen LogP contribution >= 0.6 is 0 Å². The van der Waals surface area contributed by atoms with E-state index in [0.717, 1.165) is 94.0 Å². The van der Waals surface area contributed by atoms with Gasteiger partial charge >= 0.3 is 0 Å². The molecule has 412 valence electrons. The van der Waals surface area contributed by atoms with Gasteiger partial charge in [0.2, 0.25) is 29.5 Å². The summed E-state index contributed by atoms with van der Waals surface area (Å²) in [6.07, 6.45) is 1.58. The van der Waals surface area contributed by atoms with Gasteiger partial charge in [-0.05, 0) is 159 Å². The fourth-order valence-corrected chi connectivity index (χ4v) is 16.2. The number of ether oxygens (including phenoxy) is 4. The molecule has 0 aliphatic heterocycles. The normalized spacial score (nSPS) is 12.2. The molecule has 19 heteroatoms. The van der Waals surface area contributed by atoms with Crippen LogP contribution < -0.4 is 18.9 Å². The summed E-state index contributed by atoms with van der Waals surface area (Å²) in [4.78, 5) is -4.42. The van der Waals surface area contributed by atoms with Crippen molar-refractivity contribution >= 4 is 49.2 Å². The quantitative estimate of drug-likeness (QED) is 0.0619. The standard InChI is InChI=1S/C60H58O14S5/c1-7-33-75(61,62)57-37-49(25-29-53(57)71-5)77(65,66)51-27-31-55(73-47-21-17-45(18-22-47)35-43-13-9-41(3)10-14-43)59(39-51)79(69,70)60-40-52(78(67,68)50-26-30-54(72-6)58(38-50)76(63,64)34-8-2)28-32-56(60)74-48-23-19-46(20-24-48)36-44-15-11-42(4)12-16-44/h9-32,37-40H,7-8,33-36H2,1-6H3. The van der Waals surface area contributed by atoms with E-state index >= 15 is 8.42 Å². The predicted octanol–water partition coefficient (Wildman–Crippen LogP) is 12.0. The average Bonchev–Trinajstić information content (AvgIpc) is 3.57. The lowest BCUT2D eigenvalue weighted by atomic mass is 10.0. The zero-order chi connectivity index (χ0) is 56.9. The Hall–Kier alpha value is -7.29. The first-order valence-corrected chi connectivity index (χ1v) is 32.7. The van der Waals surface area contributed by atoms with Crippen LogP contribution in [0.2, 0.25) is 0 Å². The van der Waals surface area contributed by atoms with Crippen molar-refractivity contribution in [1.82, 2.24) is 0 Å². The van der Waals surface area contributed by atoms with Crippen LogP contribution in [0.5, 0.6) is 34.5 Å². The molecule has 0 N–H and O–H groups in total. The van der Waals surface area contributed by atoms with E-state index in [0.29, 0.717) is 12.8 Å². The molecule has 0 aliphatic rings. The highest BCUT2D eigenvalue weighted by atomic mass is 32.2. The molecular formula is C60H58O14S5. The third-order valence-electron chi connectivity index (χ3n) is 12.9. The summed E-state index contributed by atoms with van der Waals surface area (Å²) in [6, 6.07) is 42.5. The summed E-state index contributed by atoms with van der Waals surface area (Å²) in [5, 5.41) is 0. The minimum Gasteiger partial charge on any atom is -0.495 e. The third kappa shape index (κ3) is 12.9. The second-order valence-corrected chi connectivity index (χ2v) is 28.7. The van der Waals surface area contributed by atoms with Crippen LogP contribution in [-0.4, -0.2) is 67.8 Å². The minimum absolute atomic E-state index is 0.0963. The number of methoxy groups -OCH3 is 2. The Morgan fingerprint density at radius 1 is 0.329 bits per heavy atom. The first-order chi connectivity index (χ1) is 37.5. The molecule has 0 fully saturated rings. The summed E-state index contributed by atoms with van der Waals surface area (Å²) in [5.74, 6) is -1.24. The number of hydrogen-bond donors (Lipinski definition) is 0. The second kappa shape index (κ2) is 23.6. The lowest BCUT2D eigenvalue weighted by Gasteiger charge is -2.18. The zero-order valence-electron chi connectivity index (χ0n) is 44.2. The Bertz CT molecular complexity index is 3860. The first-order valence-electron chi connectivity index (χ1n) is 25.0. The van der Waals surface area contributed by atoms with E-state index in [1.165, 1.54) is 26.4 Å². The van der Waals surface area contributed by atoms with Crippen molar-refractivity contribution in [2.45, 2.75) is 92.5 Å². The molecular weight excluding hydrogens is 1100 g/mol. The van der Waals surface area contributed by atoms with Crippen molar-refractivity contribution in [3.05, 3.63) is 203 Å². The van der Waals surface area contributed by atoms with Gasteiger partial charge in [-0.15, -0.1) is 0 Å². The van der Waals surface area contributed by atoms with E-state index in [-0.39, 0.29) is 68.6 Å². The fraction of sp³-hybridized carbons (Fsp3) is 0.200. The van der Waals surface area contributed by atoms with Gasteiger partial charge in [-0.25, -0.2) is 42.1 Å². The van der Waals surface area contributed by atoms with Crippen LogP contribution in [0.4, 0.5) is 0 Å². The van der Waals surface area contributed by atoms with Gasteiger partial charge < -0.3 is 18.9 Å². The van der Waals surface area contributed by atoms with Crippen LogP contribution in [-0.2, 0) is 62.0 Å². The van der Waals surface area contributed by atoms with Crippen molar-refractivity contribution in [1.29, 1.82) is 0 Å². The Kier molecular flexibility index (Phi) is 17.3. The number of sulfone groups is 5. The first kappa shape index (κ1) is 57.9. The van der Waals surface area contributed by atoms with E-state index in [2.05, 4.69) is 0 Å². The van der Waals surface area contributed by atoms with Gasteiger partial charge in [0.05, 0.1) is 45.3 Å². The molecule has 8 rings (SSSR count). The molecule has 0 unspecified atom stereocenters. The van der Waals surface area contributed by atoms with Gasteiger partial charge in [-0.1, -0.05) is 97.8 Å². The van der Waals surface area contributed by atoms with Crippen molar-refractivity contribution < 1.29 is 61.0 Å². The Balaban J connectivity index is 1.30. The summed E-state index contributed by atoms with van der Waals surface area (Å²) < 4.78 is 167. The average molecular weight is 1160 g/mol. The smallest absolute Gasteiger partial charge is 0.214 e. The maximum absolute atomic E-state index is 15.8. The number of aryl methyl sites for hydroxylation is 2. The lowest BCUT2D eigenvalue weighted by molar-refractivity contribution is 0.402. The lowest BCUT2D eigenvalue weighted by Crippen LogP contribution is -2.12. The van der Waals surface area contributed by atoms with E-state index in [4.69, 9.17) is 18.9 Å². The topological polar surface area (TPSA) is 208 Å². The molecule has 0 saturated heterocycles. The number of rotatable bonds is 22. The molecule has 8 aromatic rings. The van der Waals surface area contributed by atoms with E-state index < -0.39 is 78.6 Å². The molecule has 0 radical (unpaired) electrons. The maximum Gasteiger partial charge on any atom is 0.214 e. The van der Waals surface area contributed by atoms with Crippen LogP contribution in [0.15, 0.2) is 209 Å². The van der Waals surface area contributed by atoms with E-state index in [1.807, 2.05) is 62.4 Å². The highest BCUT2D eigenvalue weighted by Gasteiger charge is 2.34. The largest absolute Gasteiger partial charge is 0.495 e. The zero-order valence-corrected chi connectivity index (χ0v) is 48.2. The monoisotopic (exact) mass is 1160 g/mol. The van der Waals surface area contributed by atoms with Gasteiger partial charge in [0.15, 0.2) is 19.7 Å². The summed E-state index contributed by atoms with van der Waals surface area (Å²) in [5.41, 5.74) is 6.11. The SMILES string of the molecule is CCCS(=O)(=O)c1cc(S(=O)(=O)c2ccc(Oc3ccc(Cc4ccc(C)cc4)cc3)c(S(=O)(=O)c3cc(S(=O)(=O)c4ccc(OC)c(S(=O)(=O)CCC)c4)ccc3Oc3ccc(Cc4ccc(C)cc4)cc3)c2)ccc1OC. The summed E-state index contributed by atoms with van der Waals surface area (Å²) >= 11 is 0. The second-order valence-electron chi connectivity index (χ2n) is 18.8. The maximum atomic E-state index is 15.8. The van der Waals surface area contributed by atoms with Crippen LogP contribution in [0.3, 0.4) is 0 Å². The molecule has 0 aromatic heterocycles. The molecule has 0 aliphatic carbocycles. The van der Waals surface area contributed by atoms with Gasteiger partial charge in [-0.3, -0.25) is 0 Å². The highest BCUT2D eigenvalue weighted by molar-refractivity contribution is 7.93. The fourth-order valence-electron chi connectivity index (χ4n) is 8.67. The Labute approximate surface area is 463 Å². The highest BCUT2D eigenvalue weighted by Crippen LogP contribution is 2.42. The Morgan fingerprint density at radius 2 is 0.608 bits per heavy atom. The summed E-state index contributed by atoms with van der Waals surface area (Å²) in [7, 11) is -20.3. The van der Waals surface area contributed by atoms with Gasteiger partial charge in [0.1, 0.15) is 54.1 Å². The predicted molar refractivity (Wildman–Crippen MR) is 301 cm³/mol. The van der Waals surface area contributed by atoms with Crippen LogP contribution in [0.1, 0.15) is 60.1 Å². The van der Waals surface area contributed by atoms with Crippen molar-refractivity contribution in [2.75, 3.05) is 25.7 Å². The number of benzene rings is 8. The molecule has 0 spiro atoms. The van der Waals surface area contributed by atoms with Gasteiger partial charge in [-0.2, -0.15) is 0 Å². The molecule has 79 heavy (non-hydrogen) atoms. The molecule has 0 bridgehead atoms. The minimum atomic E-state index is -5.18. The molecule has 8 aromatic carbocycles. The van der Waals surface area contributed by atoms with Gasteiger partial charge in [0, 0.05) is 0 Å². The van der Waals surface area contributed by atoms with E-state index in [1.54, 1.807) is 62.4 Å². The molecule has 0 saturated carbocycles. The van der Waals surface area contributed by atoms with Crippen molar-refractivity contribution in [3.63, 3.8) is 0 Å². The van der Waals surface area contributed by atoms with Crippen LogP contribution in [0, 0.1) is 13.8 Å². The third-order valence-corrected chi connectivity index (χ3v) is 22.1. The van der Waals surface area contributed by atoms with Crippen LogP contribution in [0.25, 0.3) is 0 Å². The Morgan fingerprint density at radius 3 is 0.899 bits per heavy atom. The molecule has 14 nitrogen and oxygen atoms in total. The summed E-state index contributed by atoms with van der Waals surface area (Å²) in [6.45, 7) is 7.28. The molecule has 0 atom stereocenters. The molecule has 0 amide bonds. The molecule has 0 heterocycles.